The second kappa shape index (κ2) is 7.42. The minimum Gasteiger partial charge on any atom is -0.384 e. The van der Waals surface area contributed by atoms with E-state index >= 15 is 0 Å². The Labute approximate surface area is 133 Å². The lowest BCUT2D eigenvalue weighted by Crippen LogP contribution is -2.30. The van der Waals surface area contributed by atoms with E-state index in [9.17, 15) is 13.2 Å². The average molecular weight is 355 g/mol. The van der Waals surface area contributed by atoms with E-state index in [0.717, 1.165) is 6.07 Å². The van der Waals surface area contributed by atoms with Gasteiger partial charge in [-0.25, -0.2) is 13.6 Å². The van der Waals surface area contributed by atoms with Crippen LogP contribution in [-0.4, -0.2) is 34.6 Å². The Hall–Kier alpha value is -0.860. The summed E-state index contributed by atoms with van der Waals surface area (Å²) in [5.74, 6) is -0.489. The summed E-state index contributed by atoms with van der Waals surface area (Å²) >= 11 is 11.9. The molecular formula is C12H16Cl2N2O4S. The van der Waals surface area contributed by atoms with Gasteiger partial charge >= 0.3 is 0 Å². The lowest BCUT2D eigenvalue weighted by Gasteiger charge is -2.14. The second-order valence-corrected chi connectivity index (χ2v) is 6.87. The van der Waals surface area contributed by atoms with E-state index in [0.29, 0.717) is 13.2 Å². The molecule has 0 aliphatic carbocycles. The minimum atomic E-state index is -4.04. The van der Waals surface area contributed by atoms with Gasteiger partial charge in [0.25, 0.3) is 5.91 Å². The number of hydrogen-bond donors (Lipinski definition) is 2. The van der Waals surface area contributed by atoms with Crippen LogP contribution in [0.1, 0.15) is 17.3 Å². The Morgan fingerprint density at radius 1 is 1.43 bits per heavy atom. The van der Waals surface area contributed by atoms with Crippen molar-refractivity contribution in [2.75, 3.05) is 20.3 Å². The number of nitrogens with one attached hydrogen (secondary N) is 1. The van der Waals surface area contributed by atoms with Crippen LogP contribution in [0.4, 0.5) is 0 Å². The Balaban J connectivity index is 3.05. The van der Waals surface area contributed by atoms with Gasteiger partial charge in [-0.15, -0.1) is 0 Å². The van der Waals surface area contributed by atoms with Gasteiger partial charge < -0.3 is 10.1 Å². The van der Waals surface area contributed by atoms with Crippen LogP contribution >= 0.6 is 23.2 Å². The molecule has 1 atom stereocenters. The number of nitrogens with two attached hydrogens (primary N) is 1. The smallest absolute Gasteiger partial charge is 0.254 e. The summed E-state index contributed by atoms with van der Waals surface area (Å²) in [6.07, 6.45) is 0. The predicted molar refractivity (Wildman–Crippen MR) is 81.2 cm³/mol. The number of halogens is 2. The van der Waals surface area contributed by atoms with Crippen LogP contribution in [0.25, 0.3) is 0 Å². The van der Waals surface area contributed by atoms with Gasteiger partial charge in [-0.3, -0.25) is 4.79 Å². The number of amides is 1. The fourth-order valence-electron chi connectivity index (χ4n) is 1.66. The molecule has 0 aliphatic rings. The van der Waals surface area contributed by atoms with Crippen LogP contribution < -0.4 is 10.5 Å². The van der Waals surface area contributed by atoms with Crippen molar-refractivity contribution >= 4 is 39.1 Å². The Morgan fingerprint density at radius 3 is 2.57 bits per heavy atom. The Morgan fingerprint density at radius 2 is 2.05 bits per heavy atom. The van der Waals surface area contributed by atoms with Crippen molar-refractivity contribution in [1.82, 2.24) is 5.32 Å². The van der Waals surface area contributed by atoms with Crippen LogP contribution in [0.5, 0.6) is 0 Å². The molecule has 21 heavy (non-hydrogen) atoms. The maximum absolute atomic E-state index is 12.1. The summed E-state index contributed by atoms with van der Waals surface area (Å²) in [7, 11) is -2.48. The highest BCUT2D eigenvalue weighted by atomic mass is 35.5. The van der Waals surface area contributed by atoms with Crippen LogP contribution in [0, 0.1) is 5.92 Å². The summed E-state index contributed by atoms with van der Waals surface area (Å²) in [5.41, 5.74) is -0.116. The van der Waals surface area contributed by atoms with Crippen molar-refractivity contribution < 1.29 is 17.9 Å². The fourth-order valence-corrected chi connectivity index (χ4v) is 3.13. The molecule has 0 saturated heterocycles. The van der Waals surface area contributed by atoms with E-state index in [-0.39, 0.29) is 26.4 Å². The molecule has 0 spiro atoms. The normalized spacial score (nSPS) is 13.0. The quantitative estimate of drug-likeness (QED) is 0.811. The zero-order chi connectivity index (χ0) is 16.2. The topological polar surface area (TPSA) is 98.5 Å². The number of carbonyl (C=O) groups is 1. The standard InChI is InChI=1S/C12H16Cl2N2O4S/c1-7(6-20-2)5-16-12(17)10-8(13)3-4-9(11(10)14)21(15,18)19/h3-4,7H,5-6H2,1-2H3,(H,16,17)(H2,15,18,19). The van der Waals surface area contributed by atoms with Crippen molar-refractivity contribution in [3.8, 4) is 0 Å². The van der Waals surface area contributed by atoms with Gasteiger partial charge in [0, 0.05) is 13.7 Å². The van der Waals surface area contributed by atoms with Crippen molar-refractivity contribution in [1.29, 1.82) is 0 Å². The van der Waals surface area contributed by atoms with Gasteiger partial charge in [0.05, 0.1) is 22.2 Å². The summed E-state index contributed by atoms with van der Waals surface area (Å²) in [6, 6.07) is 2.42. The summed E-state index contributed by atoms with van der Waals surface area (Å²) in [6.45, 7) is 2.69. The molecule has 0 aliphatic heterocycles. The van der Waals surface area contributed by atoms with E-state index in [1.807, 2.05) is 6.92 Å². The molecule has 0 fully saturated rings. The lowest BCUT2D eigenvalue weighted by molar-refractivity contribution is 0.0934. The monoisotopic (exact) mass is 354 g/mol. The van der Waals surface area contributed by atoms with Gasteiger partial charge in [-0.05, 0) is 18.1 Å². The SMILES string of the molecule is COCC(C)CNC(=O)c1c(Cl)ccc(S(N)(=O)=O)c1Cl. The third kappa shape index (κ3) is 4.82. The summed E-state index contributed by atoms with van der Waals surface area (Å²) in [5, 5.41) is 7.41. The second-order valence-electron chi connectivity index (χ2n) is 4.55. The molecule has 1 aromatic rings. The number of ether oxygens (including phenoxy) is 1. The van der Waals surface area contributed by atoms with Crippen LogP contribution in [0.3, 0.4) is 0 Å². The minimum absolute atomic E-state index is 0.0456. The third-order valence-electron chi connectivity index (χ3n) is 2.65. The number of sulfonamides is 1. The molecule has 118 valence electrons. The van der Waals surface area contributed by atoms with Gasteiger partial charge in [0.1, 0.15) is 4.90 Å². The summed E-state index contributed by atoms with van der Waals surface area (Å²) in [4.78, 5) is 11.8. The highest BCUT2D eigenvalue weighted by molar-refractivity contribution is 7.89. The number of hydrogen-bond acceptors (Lipinski definition) is 4. The van der Waals surface area contributed by atoms with Gasteiger partial charge in [0.15, 0.2) is 0 Å². The van der Waals surface area contributed by atoms with Gasteiger partial charge in [-0.2, -0.15) is 0 Å². The molecule has 0 bridgehead atoms. The number of rotatable bonds is 6. The van der Waals surface area contributed by atoms with Crippen LogP contribution in [-0.2, 0) is 14.8 Å². The highest BCUT2D eigenvalue weighted by Crippen LogP contribution is 2.30. The molecule has 0 aromatic heterocycles. The van der Waals surface area contributed by atoms with E-state index in [4.69, 9.17) is 33.1 Å². The zero-order valence-corrected chi connectivity index (χ0v) is 13.8. The largest absolute Gasteiger partial charge is 0.384 e. The molecule has 1 amide bonds. The lowest BCUT2D eigenvalue weighted by atomic mass is 10.1. The van der Waals surface area contributed by atoms with Gasteiger partial charge in [-0.1, -0.05) is 30.1 Å². The molecule has 9 heteroatoms. The average Bonchev–Trinajstić information content (AvgIpc) is 2.35. The first-order chi connectivity index (χ1) is 9.68. The Bertz CT molecular complexity index is 634. The third-order valence-corrected chi connectivity index (χ3v) is 4.42. The first-order valence-electron chi connectivity index (χ1n) is 5.96. The predicted octanol–water partition coefficient (Wildman–Crippen LogP) is 1.65. The first kappa shape index (κ1) is 18.2. The maximum atomic E-state index is 12.1. The fraction of sp³-hybridized carbons (Fsp3) is 0.417. The molecule has 6 nitrogen and oxygen atoms in total. The van der Waals surface area contributed by atoms with E-state index in [1.54, 1.807) is 7.11 Å². The molecular weight excluding hydrogens is 339 g/mol. The van der Waals surface area contributed by atoms with E-state index in [2.05, 4.69) is 5.32 Å². The zero-order valence-electron chi connectivity index (χ0n) is 11.5. The number of carbonyl (C=O) groups excluding carboxylic acids is 1. The molecule has 1 unspecified atom stereocenters. The van der Waals surface area contributed by atoms with Crippen molar-refractivity contribution in [2.24, 2.45) is 11.1 Å². The van der Waals surface area contributed by atoms with E-state index < -0.39 is 15.9 Å². The molecule has 0 radical (unpaired) electrons. The molecule has 0 saturated carbocycles. The summed E-state index contributed by atoms with van der Waals surface area (Å²) < 4.78 is 27.7. The number of methoxy groups -OCH3 is 1. The van der Waals surface area contributed by atoms with E-state index in [1.165, 1.54) is 6.07 Å². The van der Waals surface area contributed by atoms with Crippen molar-refractivity contribution in [3.63, 3.8) is 0 Å². The van der Waals surface area contributed by atoms with Gasteiger partial charge in [0.2, 0.25) is 10.0 Å². The molecule has 0 heterocycles. The van der Waals surface area contributed by atoms with Crippen molar-refractivity contribution in [2.45, 2.75) is 11.8 Å². The molecule has 1 rings (SSSR count). The van der Waals surface area contributed by atoms with Crippen LogP contribution in [0.15, 0.2) is 17.0 Å². The highest BCUT2D eigenvalue weighted by Gasteiger charge is 2.22. The van der Waals surface area contributed by atoms with Crippen LogP contribution in [0.2, 0.25) is 10.0 Å². The Kier molecular flexibility index (Phi) is 6.42. The maximum Gasteiger partial charge on any atom is 0.254 e. The first-order valence-corrected chi connectivity index (χ1v) is 8.26. The molecule has 1 aromatic carbocycles. The van der Waals surface area contributed by atoms with Crippen molar-refractivity contribution in [3.05, 3.63) is 27.7 Å². The number of primary sulfonamides is 1. The molecule has 3 N–H and O–H groups in total. The number of benzene rings is 1.